The third-order valence-electron chi connectivity index (χ3n) is 5.58. The summed E-state index contributed by atoms with van der Waals surface area (Å²) >= 11 is 0. The fourth-order valence-corrected chi connectivity index (χ4v) is 4.22. The van der Waals surface area contributed by atoms with E-state index in [0.717, 1.165) is 12.1 Å². The van der Waals surface area contributed by atoms with E-state index in [1.807, 2.05) is 0 Å². The number of nitriles is 1. The zero-order valence-electron chi connectivity index (χ0n) is 15.9. The summed E-state index contributed by atoms with van der Waals surface area (Å²) in [5, 5.41) is 9.44. The summed E-state index contributed by atoms with van der Waals surface area (Å²) in [6, 6.07) is 13.4. The van der Waals surface area contributed by atoms with Crippen LogP contribution < -0.4 is 4.90 Å². The first kappa shape index (κ1) is 19.9. The Morgan fingerprint density at radius 2 is 1.70 bits per heavy atom. The molecule has 0 saturated heterocycles. The Hall–Kier alpha value is -3.40. The van der Waals surface area contributed by atoms with Crippen LogP contribution in [0.3, 0.4) is 0 Å². The molecule has 0 aromatic heterocycles. The van der Waals surface area contributed by atoms with Gasteiger partial charge in [-0.2, -0.15) is 18.4 Å². The fourth-order valence-electron chi connectivity index (χ4n) is 4.22. The van der Waals surface area contributed by atoms with Gasteiger partial charge in [0, 0.05) is 30.0 Å². The number of hydrogen-bond donors (Lipinski definition) is 0. The highest BCUT2D eigenvalue weighted by molar-refractivity contribution is 6.08. The molecule has 0 saturated carbocycles. The van der Waals surface area contributed by atoms with E-state index in [1.165, 1.54) is 17.0 Å². The molecular weight excluding hydrogens is 393 g/mol. The number of rotatable bonds is 2. The minimum atomic E-state index is -4.45. The molecule has 2 aromatic rings. The molecule has 0 N–H and O–H groups in total. The molecule has 1 amide bonds. The van der Waals surface area contributed by atoms with Crippen LogP contribution in [0.2, 0.25) is 0 Å². The van der Waals surface area contributed by atoms with Gasteiger partial charge in [-0.1, -0.05) is 24.3 Å². The molecule has 2 aromatic carbocycles. The van der Waals surface area contributed by atoms with E-state index in [4.69, 9.17) is 0 Å². The Balaban J connectivity index is 1.83. The van der Waals surface area contributed by atoms with Crippen molar-refractivity contribution in [2.24, 2.45) is 0 Å². The first-order valence-corrected chi connectivity index (χ1v) is 9.56. The molecule has 7 heteroatoms. The zero-order chi connectivity index (χ0) is 21.5. The molecule has 0 spiro atoms. The molecule has 152 valence electrons. The van der Waals surface area contributed by atoms with Crippen LogP contribution in [0.5, 0.6) is 0 Å². The van der Waals surface area contributed by atoms with E-state index in [1.54, 1.807) is 24.3 Å². The number of halogens is 3. The van der Waals surface area contributed by atoms with Crippen LogP contribution in [0.4, 0.5) is 18.9 Å². The van der Waals surface area contributed by atoms with E-state index < -0.39 is 17.7 Å². The number of alkyl halides is 3. The molecule has 4 nitrogen and oxygen atoms in total. The van der Waals surface area contributed by atoms with Gasteiger partial charge in [0.2, 0.25) is 5.91 Å². The number of carbonyl (C=O) groups is 2. The van der Waals surface area contributed by atoms with Gasteiger partial charge in [-0.25, -0.2) is 0 Å². The number of benzene rings is 2. The Kier molecular flexibility index (Phi) is 4.94. The van der Waals surface area contributed by atoms with E-state index in [-0.39, 0.29) is 18.1 Å². The SMILES string of the molecule is N#Cc1ccccc1N1C(=O)CC(c2ccc(C(F)(F)F)cc2)C2=C1CCCC2=O. The second-order valence-corrected chi connectivity index (χ2v) is 7.37. The van der Waals surface area contributed by atoms with Crippen LogP contribution in [-0.4, -0.2) is 11.7 Å². The number of ketones is 1. The van der Waals surface area contributed by atoms with Crippen molar-refractivity contribution >= 4 is 17.4 Å². The van der Waals surface area contributed by atoms with Crippen molar-refractivity contribution in [2.45, 2.75) is 37.8 Å². The van der Waals surface area contributed by atoms with Crippen LogP contribution in [0, 0.1) is 11.3 Å². The second-order valence-electron chi connectivity index (χ2n) is 7.37. The third kappa shape index (κ3) is 3.39. The molecule has 2 aliphatic rings. The molecule has 1 atom stereocenters. The van der Waals surface area contributed by atoms with Crippen LogP contribution in [-0.2, 0) is 15.8 Å². The van der Waals surface area contributed by atoms with Crippen molar-refractivity contribution in [3.8, 4) is 6.07 Å². The number of carbonyl (C=O) groups excluding carboxylic acids is 2. The minimum absolute atomic E-state index is 0.0459. The second kappa shape index (κ2) is 7.45. The highest BCUT2D eigenvalue weighted by atomic mass is 19.4. The van der Waals surface area contributed by atoms with Crippen LogP contribution >= 0.6 is 0 Å². The summed E-state index contributed by atoms with van der Waals surface area (Å²) < 4.78 is 38.7. The van der Waals surface area contributed by atoms with Crippen molar-refractivity contribution < 1.29 is 22.8 Å². The maximum atomic E-state index is 13.1. The first-order valence-electron chi connectivity index (χ1n) is 9.56. The van der Waals surface area contributed by atoms with E-state index in [0.29, 0.717) is 47.3 Å². The zero-order valence-corrected chi connectivity index (χ0v) is 15.9. The van der Waals surface area contributed by atoms with Crippen LogP contribution in [0.1, 0.15) is 48.3 Å². The summed E-state index contributed by atoms with van der Waals surface area (Å²) in [5.74, 6) is -0.975. The van der Waals surface area contributed by atoms with Crippen molar-refractivity contribution in [3.05, 3.63) is 76.5 Å². The first-order chi connectivity index (χ1) is 14.3. The van der Waals surface area contributed by atoms with Gasteiger partial charge in [0.1, 0.15) is 6.07 Å². The Morgan fingerprint density at radius 3 is 2.37 bits per heavy atom. The molecule has 0 bridgehead atoms. The van der Waals surface area contributed by atoms with Gasteiger partial charge in [0.25, 0.3) is 0 Å². The van der Waals surface area contributed by atoms with Gasteiger partial charge in [-0.05, 0) is 42.7 Å². The third-order valence-corrected chi connectivity index (χ3v) is 5.58. The summed E-state index contributed by atoms with van der Waals surface area (Å²) in [4.78, 5) is 27.4. The van der Waals surface area contributed by atoms with Gasteiger partial charge in [0.15, 0.2) is 5.78 Å². The lowest BCUT2D eigenvalue weighted by Gasteiger charge is -2.38. The van der Waals surface area contributed by atoms with E-state index >= 15 is 0 Å². The molecular formula is C23H17F3N2O2. The topological polar surface area (TPSA) is 61.2 Å². The smallest absolute Gasteiger partial charge is 0.294 e. The number of nitrogens with zero attached hydrogens (tertiary/aromatic N) is 2. The maximum Gasteiger partial charge on any atom is 0.416 e. The van der Waals surface area contributed by atoms with Crippen molar-refractivity contribution in [1.82, 2.24) is 0 Å². The summed E-state index contributed by atoms with van der Waals surface area (Å²) in [5.41, 5.74) is 1.50. The van der Waals surface area contributed by atoms with Crippen LogP contribution in [0.25, 0.3) is 0 Å². The lowest BCUT2D eigenvalue weighted by molar-refractivity contribution is -0.137. The number of para-hydroxylation sites is 1. The van der Waals surface area contributed by atoms with Gasteiger partial charge in [-0.15, -0.1) is 0 Å². The largest absolute Gasteiger partial charge is 0.416 e. The van der Waals surface area contributed by atoms with Gasteiger partial charge in [0.05, 0.1) is 16.8 Å². The number of amides is 1. The summed E-state index contributed by atoms with van der Waals surface area (Å²) in [6.07, 6.45) is -3.10. The molecule has 1 aliphatic heterocycles. The lowest BCUT2D eigenvalue weighted by Crippen LogP contribution is -2.40. The standard InChI is InChI=1S/C23H17F3N2O2/c24-23(25,26)16-10-8-14(9-11-16)17-12-21(30)28(18-5-2-1-4-15(18)13-27)19-6-3-7-20(29)22(17)19/h1-2,4-5,8-11,17H,3,6-7,12H2. The lowest BCUT2D eigenvalue weighted by atomic mass is 9.77. The monoisotopic (exact) mass is 410 g/mol. The minimum Gasteiger partial charge on any atom is -0.294 e. The average molecular weight is 410 g/mol. The molecule has 1 aliphatic carbocycles. The molecule has 4 rings (SSSR count). The quantitative estimate of drug-likeness (QED) is 0.692. The molecule has 0 radical (unpaired) electrons. The maximum absolute atomic E-state index is 13.1. The molecule has 30 heavy (non-hydrogen) atoms. The van der Waals surface area contributed by atoms with E-state index in [9.17, 15) is 28.0 Å². The number of allylic oxidation sites excluding steroid dienone is 2. The van der Waals surface area contributed by atoms with Crippen molar-refractivity contribution in [1.29, 1.82) is 5.26 Å². The Labute approximate surface area is 171 Å². The summed E-state index contributed by atoms with van der Waals surface area (Å²) in [7, 11) is 0. The predicted octanol–water partition coefficient (Wildman–Crippen LogP) is 5.10. The Morgan fingerprint density at radius 1 is 1.00 bits per heavy atom. The van der Waals surface area contributed by atoms with Crippen LogP contribution in [0.15, 0.2) is 59.8 Å². The number of Topliss-reactive ketones (excluding diaryl/α,β-unsaturated/α-hetero) is 1. The van der Waals surface area contributed by atoms with E-state index in [2.05, 4.69) is 6.07 Å². The Bertz CT molecular complexity index is 1090. The van der Waals surface area contributed by atoms with Gasteiger partial charge in [-0.3, -0.25) is 14.5 Å². The normalized spacial score (nSPS) is 19.5. The molecule has 0 fully saturated rings. The average Bonchev–Trinajstić information content (AvgIpc) is 2.73. The highest BCUT2D eigenvalue weighted by Gasteiger charge is 2.40. The van der Waals surface area contributed by atoms with Crippen molar-refractivity contribution in [2.75, 3.05) is 4.90 Å². The van der Waals surface area contributed by atoms with Gasteiger partial charge >= 0.3 is 6.18 Å². The van der Waals surface area contributed by atoms with Gasteiger partial charge < -0.3 is 0 Å². The number of hydrogen-bond acceptors (Lipinski definition) is 3. The summed E-state index contributed by atoms with van der Waals surface area (Å²) in [6.45, 7) is 0. The fraction of sp³-hybridized carbons (Fsp3) is 0.261. The van der Waals surface area contributed by atoms with Crippen molar-refractivity contribution in [3.63, 3.8) is 0 Å². The molecule has 1 unspecified atom stereocenters. The number of anilines is 1. The molecule has 1 heterocycles. The predicted molar refractivity (Wildman–Crippen MR) is 103 cm³/mol. The highest BCUT2D eigenvalue weighted by Crippen LogP contribution is 2.44.